The molecule has 0 saturated heterocycles. The van der Waals surface area contributed by atoms with Crippen LogP contribution in [0.2, 0.25) is 0 Å². The molecule has 0 atom stereocenters. The van der Waals surface area contributed by atoms with E-state index in [2.05, 4.69) is 0 Å². The second-order valence-electron chi connectivity index (χ2n) is 4.37. The van der Waals surface area contributed by atoms with Crippen molar-refractivity contribution in [2.75, 3.05) is 7.11 Å². The summed E-state index contributed by atoms with van der Waals surface area (Å²) in [6, 6.07) is 13.8. The smallest absolute Gasteiger partial charge is 0.336 e. The fourth-order valence-corrected chi connectivity index (χ4v) is 2.26. The third-order valence-electron chi connectivity index (χ3n) is 3.10. The maximum Gasteiger partial charge on any atom is 0.336 e. The summed E-state index contributed by atoms with van der Waals surface area (Å²) in [6.45, 7) is 0. The van der Waals surface area contributed by atoms with Gasteiger partial charge in [-0.1, -0.05) is 30.3 Å². The zero-order valence-corrected chi connectivity index (χ0v) is 10.8. The Hall–Kier alpha value is -2.75. The van der Waals surface area contributed by atoms with Gasteiger partial charge in [0.15, 0.2) is 0 Å². The lowest BCUT2D eigenvalue weighted by Gasteiger charge is -2.10. The minimum Gasteiger partial charge on any atom is -0.508 e. The maximum atomic E-state index is 11.7. The molecule has 3 aromatic rings. The van der Waals surface area contributed by atoms with E-state index in [-0.39, 0.29) is 5.75 Å². The molecule has 1 heterocycles. The molecule has 0 saturated carbocycles. The minimum absolute atomic E-state index is 0.0114. The third kappa shape index (κ3) is 2.01. The highest BCUT2D eigenvalue weighted by Crippen LogP contribution is 2.36. The Labute approximate surface area is 114 Å². The van der Waals surface area contributed by atoms with Crippen LogP contribution >= 0.6 is 0 Å². The Morgan fingerprint density at radius 2 is 1.85 bits per heavy atom. The van der Waals surface area contributed by atoms with E-state index in [1.54, 1.807) is 0 Å². The predicted molar refractivity (Wildman–Crippen MR) is 76.1 cm³/mol. The van der Waals surface area contributed by atoms with E-state index in [1.807, 2.05) is 30.3 Å². The highest BCUT2D eigenvalue weighted by atomic mass is 16.5. The number of ether oxygens (including phenoxy) is 1. The number of fused-ring (bicyclic) bond motifs is 1. The highest BCUT2D eigenvalue weighted by Gasteiger charge is 2.13. The zero-order valence-electron chi connectivity index (χ0n) is 10.8. The van der Waals surface area contributed by atoms with Gasteiger partial charge in [-0.15, -0.1) is 0 Å². The molecule has 0 bridgehead atoms. The summed E-state index contributed by atoms with van der Waals surface area (Å²) < 4.78 is 10.4. The Morgan fingerprint density at radius 1 is 1.10 bits per heavy atom. The van der Waals surface area contributed by atoms with Crippen molar-refractivity contribution < 1.29 is 14.3 Å². The first kappa shape index (κ1) is 12.3. The van der Waals surface area contributed by atoms with Crippen LogP contribution in [0.1, 0.15) is 0 Å². The molecule has 0 spiro atoms. The molecule has 100 valence electrons. The van der Waals surface area contributed by atoms with Crippen molar-refractivity contribution in [3.63, 3.8) is 0 Å². The second-order valence-corrected chi connectivity index (χ2v) is 4.37. The number of rotatable bonds is 2. The first-order valence-electron chi connectivity index (χ1n) is 6.09. The van der Waals surface area contributed by atoms with Crippen LogP contribution in [0.5, 0.6) is 11.5 Å². The van der Waals surface area contributed by atoms with Gasteiger partial charge in [-0.2, -0.15) is 0 Å². The average molecular weight is 268 g/mol. The van der Waals surface area contributed by atoms with Crippen molar-refractivity contribution >= 4 is 11.0 Å². The number of phenolic OH excluding ortho intramolecular Hbond substituents is 1. The van der Waals surface area contributed by atoms with Crippen LogP contribution in [0.3, 0.4) is 0 Å². The van der Waals surface area contributed by atoms with Gasteiger partial charge in [0.05, 0.1) is 12.5 Å². The lowest BCUT2D eigenvalue weighted by molar-refractivity contribution is 0.411. The van der Waals surface area contributed by atoms with E-state index in [0.29, 0.717) is 22.3 Å². The number of aromatic hydroxyl groups is 1. The monoisotopic (exact) mass is 268 g/mol. The number of benzene rings is 2. The van der Waals surface area contributed by atoms with Gasteiger partial charge in [0.2, 0.25) is 0 Å². The Bertz CT molecular complexity index is 819. The van der Waals surface area contributed by atoms with Crippen LogP contribution in [-0.4, -0.2) is 12.2 Å². The summed E-state index contributed by atoms with van der Waals surface area (Å²) in [4.78, 5) is 11.7. The molecule has 0 unspecified atom stereocenters. The number of hydrogen-bond acceptors (Lipinski definition) is 4. The van der Waals surface area contributed by atoms with Crippen LogP contribution in [0, 0.1) is 0 Å². The second kappa shape index (κ2) is 4.74. The Morgan fingerprint density at radius 3 is 2.55 bits per heavy atom. The molecule has 0 fully saturated rings. The van der Waals surface area contributed by atoms with Gasteiger partial charge < -0.3 is 14.3 Å². The van der Waals surface area contributed by atoms with Crippen LogP contribution in [0.4, 0.5) is 0 Å². The maximum absolute atomic E-state index is 11.7. The zero-order chi connectivity index (χ0) is 14.1. The largest absolute Gasteiger partial charge is 0.508 e. The molecule has 4 nitrogen and oxygen atoms in total. The van der Waals surface area contributed by atoms with Gasteiger partial charge in [-0.3, -0.25) is 0 Å². The van der Waals surface area contributed by atoms with Crippen molar-refractivity contribution in [3.05, 3.63) is 59.0 Å². The van der Waals surface area contributed by atoms with Crippen molar-refractivity contribution in [2.45, 2.75) is 0 Å². The fourth-order valence-electron chi connectivity index (χ4n) is 2.26. The van der Waals surface area contributed by atoms with Gasteiger partial charge in [0.1, 0.15) is 17.1 Å². The third-order valence-corrected chi connectivity index (χ3v) is 3.10. The molecule has 0 aliphatic rings. The standard InChI is InChI=1S/C16H12O4/c1-19-13-7-11(17)8-14-16(13)12(9-15(18)20-14)10-5-3-2-4-6-10/h2-9,17H,1H3. The van der Waals surface area contributed by atoms with Crippen LogP contribution in [0.25, 0.3) is 22.1 Å². The number of hydrogen-bond donors (Lipinski definition) is 1. The van der Waals surface area contributed by atoms with E-state index in [4.69, 9.17) is 9.15 Å². The quantitative estimate of drug-likeness (QED) is 0.725. The van der Waals surface area contributed by atoms with Gasteiger partial charge in [-0.05, 0) is 5.56 Å². The molecule has 2 aromatic carbocycles. The summed E-state index contributed by atoms with van der Waals surface area (Å²) >= 11 is 0. The van der Waals surface area contributed by atoms with Gasteiger partial charge in [0.25, 0.3) is 0 Å². The highest BCUT2D eigenvalue weighted by molar-refractivity contribution is 5.98. The molecule has 1 N–H and O–H groups in total. The molecule has 0 aliphatic heterocycles. The Balaban J connectivity index is 2.45. The first-order valence-corrected chi connectivity index (χ1v) is 6.09. The van der Waals surface area contributed by atoms with Crippen LogP contribution in [0.15, 0.2) is 57.7 Å². The number of methoxy groups -OCH3 is 1. The molecule has 0 radical (unpaired) electrons. The summed E-state index contributed by atoms with van der Waals surface area (Å²) in [6.07, 6.45) is 0. The van der Waals surface area contributed by atoms with E-state index in [9.17, 15) is 9.90 Å². The van der Waals surface area contributed by atoms with E-state index in [0.717, 1.165) is 5.56 Å². The fraction of sp³-hybridized carbons (Fsp3) is 0.0625. The summed E-state index contributed by atoms with van der Waals surface area (Å²) in [5, 5.41) is 10.3. The molecule has 3 rings (SSSR count). The molecule has 20 heavy (non-hydrogen) atoms. The van der Waals surface area contributed by atoms with E-state index >= 15 is 0 Å². The number of phenols is 1. The normalized spacial score (nSPS) is 10.7. The molecule has 0 aliphatic carbocycles. The topological polar surface area (TPSA) is 59.7 Å². The summed E-state index contributed by atoms with van der Waals surface area (Å²) in [5.41, 5.74) is 1.43. The first-order chi connectivity index (χ1) is 9.69. The molecule has 4 heteroatoms. The summed E-state index contributed by atoms with van der Waals surface area (Å²) in [5.74, 6) is 0.449. The molecule has 1 aromatic heterocycles. The van der Waals surface area contributed by atoms with Gasteiger partial charge in [0, 0.05) is 23.8 Å². The minimum atomic E-state index is -0.469. The van der Waals surface area contributed by atoms with E-state index in [1.165, 1.54) is 25.3 Å². The van der Waals surface area contributed by atoms with Crippen molar-refractivity contribution in [3.8, 4) is 22.6 Å². The van der Waals surface area contributed by atoms with E-state index < -0.39 is 5.63 Å². The van der Waals surface area contributed by atoms with Crippen molar-refractivity contribution in [1.29, 1.82) is 0 Å². The molecular formula is C16H12O4. The van der Waals surface area contributed by atoms with Crippen molar-refractivity contribution in [2.24, 2.45) is 0 Å². The molecular weight excluding hydrogens is 256 g/mol. The summed E-state index contributed by atoms with van der Waals surface area (Å²) in [7, 11) is 1.51. The Kier molecular flexibility index (Phi) is 2.91. The van der Waals surface area contributed by atoms with Gasteiger partial charge in [-0.25, -0.2) is 4.79 Å². The van der Waals surface area contributed by atoms with Crippen LogP contribution < -0.4 is 10.4 Å². The average Bonchev–Trinajstić information content (AvgIpc) is 2.46. The lowest BCUT2D eigenvalue weighted by atomic mass is 10.0. The van der Waals surface area contributed by atoms with Crippen LogP contribution in [-0.2, 0) is 0 Å². The van der Waals surface area contributed by atoms with Gasteiger partial charge >= 0.3 is 5.63 Å². The lowest BCUT2D eigenvalue weighted by Crippen LogP contribution is -1.99. The SMILES string of the molecule is COc1cc(O)cc2oc(=O)cc(-c3ccccc3)c12. The molecule has 0 amide bonds. The predicted octanol–water partition coefficient (Wildman–Crippen LogP) is 3.17. The van der Waals surface area contributed by atoms with Crippen molar-refractivity contribution in [1.82, 2.24) is 0 Å².